The Morgan fingerprint density at radius 2 is 1.44 bits per heavy atom. The van der Waals surface area contributed by atoms with Crippen molar-refractivity contribution in [2.24, 2.45) is 0 Å². The number of rotatable bonds is 2. The number of hydrogen-bond donors (Lipinski definition) is 0. The highest BCUT2D eigenvalue weighted by Crippen LogP contribution is 2.27. The Morgan fingerprint density at radius 3 is 1.83 bits per heavy atom. The molecule has 1 fully saturated rings. The van der Waals surface area contributed by atoms with Gasteiger partial charge in [-0.25, -0.2) is 0 Å². The summed E-state index contributed by atoms with van der Waals surface area (Å²) >= 11 is 0. The van der Waals surface area contributed by atoms with Crippen LogP contribution in [-0.2, 0) is 4.79 Å². The van der Waals surface area contributed by atoms with Crippen molar-refractivity contribution in [3.8, 4) is 0 Å². The maximum Gasteiger partial charge on any atom is 0.163 e. The molecule has 0 aromatic heterocycles. The zero-order valence-corrected chi connectivity index (χ0v) is 12.5. The van der Waals surface area contributed by atoms with Crippen molar-refractivity contribution in [3.05, 3.63) is 48.6 Å². The molecular formula is C16H27NO. The number of carbonyl (C=O) groups excluding carboxylic acids is 1. The summed E-state index contributed by atoms with van der Waals surface area (Å²) in [5, 5.41) is 0. The summed E-state index contributed by atoms with van der Waals surface area (Å²) in [5.74, 6) is 0.211. The first-order valence-corrected chi connectivity index (χ1v) is 6.31. The zero-order valence-electron chi connectivity index (χ0n) is 12.5. The van der Waals surface area contributed by atoms with Crippen molar-refractivity contribution in [3.63, 3.8) is 0 Å². The minimum absolute atomic E-state index is 0.211. The van der Waals surface area contributed by atoms with Crippen LogP contribution in [0.15, 0.2) is 48.6 Å². The molecule has 0 aromatic rings. The lowest BCUT2D eigenvalue weighted by Crippen LogP contribution is -1.99. The molecule has 2 heteroatoms. The lowest BCUT2D eigenvalue weighted by Gasteiger charge is -1.94. The molecule has 0 radical (unpaired) electrons. The van der Waals surface area contributed by atoms with Crippen LogP contribution < -0.4 is 0 Å². The average molecular weight is 249 g/mol. The van der Waals surface area contributed by atoms with E-state index in [4.69, 9.17) is 0 Å². The predicted molar refractivity (Wildman–Crippen MR) is 81.8 cm³/mol. The fourth-order valence-electron chi connectivity index (χ4n) is 1.33. The van der Waals surface area contributed by atoms with Crippen LogP contribution in [0.25, 0.3) is 0 Å². The first kappa shape index (κ1) is 18.9. The molecule has 102 valence electrons. The number of Topliss-reactive ketones (excluding diaryl/α,β-unsaturated/α-hetero) is 1. The molecule has 0 atom stereocenters. The Hall–Kier alpha value is -1.41. The van der Waals surface area contributed by atoms with Crippen LogP contribution in [0.3, 0.4) is 0 Å². The summed E-state index contributed by atoms with van der Waals surface area (Å²) in [6.45, 7) is 11.2. The number of carbonyl (C=O) groups is 1. The summed E-state index contributed by atoms with van der Waals surface area (Å²) in [6, 6.07) is 0. The second kappa shape index (κ2) is 12.1. The van der Waals surface area contributed by atoms with E-state index in [-0.39, 0.29) is 5.78 Å². The topological polar surface area (TPSA) is 20.3 Å². The van der Waals surface area contributed by atoms with Gasteiger partial charge < -0.3 is 4.90 Å². The van der Waals surface area contributed by atoms with Gasteiger partial charge in [-0.3, -0.25) is 4.79 Å². The third kappa shape index (κ3) is 8.71. The quantitative estimate of drug-likeness (QED) is 0.694. The molecule has 2 nitrogen and oxygen atoms in total. The van der Waals surface area contributed by atoms with Gasteiger partial charge in [-0.05, 0) is 33.1 Å². The molecule has 1 aliphatic rings. The Labute approximate surface area is 112 Å². The van der Waals surface area contributed by atoms with Gasteiger partial charge >= 0.3 is 0 Å². The van der Waals surface area contributed by atoms with Gasteiger partial charge in [0.15, 0.2) is 5.78 Å². The van der Waals surface area contributed by atoms with Gasteiger partial charge in [0, 0.05) is 12.0 Å². The van der Waals surface area contributed by atoms with E-state index in [0.29, 0.717) is 6.42 Å². The molecule has 0 aromatic carbocycles. The molecule has 1 aliphatic carbocycles. The van der Waals surface area contributed by atoms with Gasteiger partial charge in [0.25, 0.3) is 0 Å². The van der Waals surface area contributed by atoms with Crippen LogP contribution in [0.2, 0.25) is 0 Å². The largest absolute Gasteiger partial charge is 0.312 e. The van der Waals surface area contributed by atoms with E-state index < -0.39 is 0 Å². The first-order valence-electron chi connectivity index (χ1n) is 6.31. The van der Waals surface area contributed by atoms with Gasteiger partial charge in [-0.2, -0.15) is 0 Å². The lowest BCUT2D eigenvalue weighted by molar-refractivity contribution is -0.114. The molecule has 0 N–H and O–H groups in total. The summed E-state index contributed by atoms with van der Waals surface area (Å²) in [5.41, 5.74) is 1.87. The third-order valence-corrected chi connectivity index (χ3v) is 1.87. The SMILES string of the molecule is C=C/C=C1/CCC(=O)/C1=C/C=C.CC.CN(C)C. The van der Waals surface area contributed by atoms with Crippen LogP contribution in [0.1, 0.15) is 26.7 Å². The van der Waals surface area contributed by atoms with Crippen LogP contribution in [-0.4, -0.2) is 31.8 Å². The van der Waals surface area contributed by atoms with Crippen LogP contribution in [0.5, 0.6) is 0 Å². The fourth-order valence-corrected chi connectivity index (χ4v) is 1.33. The number of hydrogen-bond acceptors (Lipinski definition) is 2. The standard InChI is InChI=1S/C11H12O.C3H9N.C2H6/c1-3-5-9-7-8-11(12)10(9)6-4-2;1-4(2)3;1-2/h3-6H,1-2,7-8H2;1-3H3;1-2H3/b9-5-,10-6+;;. The Kier molecular flexibility index (Phi) is 12.7. The predicted octanol–water partition coefficient (Wildman–Crippen LogP) is 3.78. The van der Waals surface area contributed by atoms with Crippen molar-refractivity contribution in [2.45, 2.75) is 26.7 Å². The molecule has 1 saturated carbocycles. The van der Waals surface area contributed by atoms with Crippen molar-refractivity contribution in [1.29, 1.82) is 0 Å². The second-order valence-electron chi connectivity index (χ2n) is 4.01. The van der Waals surface area contributed by atoms with Crippen LogP contribution in [0, 0.1) is 0 Å². The highest BCUT2D eigenvalue weighted by molar-refractivity contribution is 6.03. The molecule has 0 bridgehead atoms. The molecular weight excluding hydrogens is 222 g/mol. The van der Waals surface area contributed by atoms with Crippen molar-refractivity contribution in [1.82, 2.24) is 4.90 Å². The van der Waals surface area contributed by atoms with E-state index in [2.05, 4.69) is 13.2 Å². The van der Waals surface area contributed by atoms with Gasteiger partial charge in [0.2, 0.25) is 0 Å². The van der Waals surface area contributed by atoms with Gasteiger partial charge in [0.1, 0.15) is 0 Å². The van der Waals surface area contributed by atoms with Gasteiger partial charge in [-0.15, -0.1) is 0 Å². The maximum atomic E-state index is 11.3. The minimum atomic E-state index is 0.211. The van der Waals surface area contributed by atoms with E-state index in [9.17, 15) is 4.79 Å². The molecule has 18 heavy (non-hydrogen) atoms. The highest BCUT2D eigenvalue weighted by atomic mass is 16.1. The second-order valence-corrected chi connectivity index (χ2v) is 4.01. The van der Waals surface area contributed by atoms with E-state index in [0.717, 1.165) is 17.6 Å². The van der Waals surface area contributed by atoms with Gasteiger partial charge in [-0.1, -0.05) is 51.3 Å². The Bertz CT molecular complexity index is 319. The number of ketones is 1. The normalized spacial score (nSPS) is 18.0. The molecule has 0 amide bonds. The Morgan fingerprint density at radius 1 is 1.00 bits per heavy atom. The monoisotopic (exact) mass is 249 g/mol. The summed E-state index contributed by atoms with van der Waals surface area (Å²) in [4.78, 5) is 13.3. The summed E-state index contributed by atoms with van der Waals surface area (Å²) < 4.78 is 0. The molecule has 1 rings (SSSR count). The van der Waals surface area contributed by atoms with Crippen molar-refractivity contribution in [2.75, 3.05) is 21.1 Å². The van der Waals surface area contributed by atoms with Crippen LogP contribution >= 0.6 is 0 Å². The van der Waals surface area contributed by atoms with Crippen molar-refractivity contribution >= 4 is 5.78 Å². The summed E-state index contributed by atoms with van der Waals surface area (Å²) in [7, 11) is 6.00. The maximum absolute atomic E-state index is 11.3. The molecule has 0 saturated heterocycles. The molecule has 0 heterocycles. The first-order chi connectivity index (χ1) is 8.52. The average Bonchev–Trinajstić information content (AvgIpc) is 2.65. The molecule has 0 aliphatic heterocycles. The molecule has 0 unspecified atom stereocenters. The lowest BCUT2D eigenvalue weighted by atomic mass is 10.1. The van der Waals surface area contributed by atoms with E-state index >= 15 is 0 Å². The van der Waals surface area contributed by atoms with Crippen LogP contribution in [0.4, 0.5) is 0 Å². The molecule has 0 spiro atoms. The van der Waals surface area contributed by atoms with E-state index in [1.54, 1.807) is 18.2 Å². The number of nitrogens with zero attached hydrogens (tertiary/aromatic N) is 1. The number of allylic oxidation sites excluding steroid dienone is 6. The van der Waals surface area contributed by atoms with Gasteiger partial charge in [0.05, 0.1) is 0 Å². The van der Waals surface area contributed by atoms with E-state index in [1.807, 2.05) is 46.0 Å². The fraction of sp³-hybridized carbons (Fsp3) is 0.438. The van der Waals surface area contributed by atoms with E-state index in [1.165, 1.54) is 0 Å². The third-order valence-electron chi connectivity index (χ3n) is 1.87. The Balaban J connectivity index is 0. The zero-order chi connectivity index (χ0) is 14.6. The summed E-state index contributed by atoms with van der Waals surface area (Å²) in [6.07, 6.45) is 8.48. The highest BCUT2D eigenvalue weighted by Gasteiger charge is 2.20. The smallest absolute Gasteiger partial charge is 0.163 e. The minimum Gasteiger partial charge on any atom is -0.312 e. The van der Waals surface area contributed by atoms with Crippen molar-refractivity contribution < 1.29 is 4.79 Å².